The minimum absolute atomic E-state index is 0.215. The number of hydrogen-bond acceptors (Lipinski definition) is 2. The van der Waals surface area contributed by atoms with Gasteiger partial charge in [-0.2, -0.15) is 0 Å². The second kappa shape index (κ2) is 3.55. The Balaban J connectivity index is 2.66. The summed E-state index contributed by atoms with van der Waals surface area (Å²) in [7, 11) is 4.01. The Bertz CT molecular complexity index is 218. The summed E-state index contributed by atoms with van der Waals surface area (Å²) >= 11 is 0. The molecule has 0 aromatic heterocycles. The molecule has 0 aliphatic rings. The van der Waals surface area contributed by atoms with Crippen LogP contribution in [0.4, 0.5) is 5.69 Å². The molecule has 3 heteroatoms. The molecule has 0 heterocycles. The highest BCUT2D eigenvalue weighted by Crippen LogP contribution is 1.95. The fourth-order valence-electron chi connectivity index (χ4n) is 0.988. The highest BCUT2D eigenvalue weighted by molar-refractivity contribution is 6.50. The number of hydrogen-bond donors (Lipinski definition) is 1. The first kappa shape index (κ1) is 8.29. The normalized spacial score (nSPS) is 11.5. The minimum atomic E-state index is -0.215. The smallest absolute Gasteiger partial charge is 0.126 e. The summed E-state index contributed by atoms with van der Waals surface area (Å²) in [5, 5.41) is 1.43. The Morgan fingerprint density at radius 3 is 2.18 bits per heavy atom. The predicted molar refractivity (Wildman–Crippen MR) is 52.7 cm³/mol. The van der Waals surface area contributed by atoms with E-state index in [-0.39, 0.29) is 9.68 Å². The molecular weight excluding hydrogens is 152 g/mol. The van der Waals surface area contributed by atoms with Crippen LogP contribution in [0.25, 0.3) is 0 Å². The van der Waals surface area contributed by atoms with Gasteiger partial charge in [0.15, 0.2) is 0 Å². The molecule has 1 rings (SSSR count). The summed E-state index contributed by atoms with van der Waals surface area (Å²) in [4.78, 5) is 0. The van der Waals surface area contributed by atoms with Crippen molar-refractivity contribution in [2.75, 3.05) is 19.8 Å². The minimum Gasteiger partial charge on any atom is -0.399 e. The first-order valence-corrected chi connectivity index (χ1v) is 5.01. The van der Waals surface area contributed by atoms with Gasteiger partial charge in [-0.05, 0) is 31.4 Å². The van der Waals surface area contributed by atoms with Gasteiger partial charge in [-0.15, -0.1) is 0 Å². The van der Waals surface area contributed by atoms with Gasteiger partial charge in [-0.1, -0.05) is 12.1 Å². The third-order valence-corrected chi connectivity index (χ3v) is 2.95. The Morgan fingerprint density at radius 2 is 1.73 bits per heavy atom. The zero-order chi connectivity index (χ0) is 8.27. The molecule has 0 aliphatic carbocycles. The topological polar surface area (TPSA) is 29.3 Å². The lowest BCUT2D eigenvalue weighted by atomic mass is 10.3. The molecule has 0 saturated carbocycles. The van der Waals surface area contributed by atoms with Crippen LogP contribution in [0.5, 0.6) is 0 Å². The van der Waals surface area contributed by atoms with Crippen molar-refractivity contribution in [3.8, 4) is 0 Å². The molecule has 11 heavy (non-hydrogen) atoms. The van der Waals surface area contributed by atoms with E-state index in [1.165, 1.54) is 5.19 Å². The van der Waals surface area contributed by atoms with Gasteiger partial charge in [0, 0.05) is 5.69 Å². The summed E-state index contributed by atoms with van der Waals surface area (Å²) in [5.41, 5.74) is 6.41. The molecule has 60 valence electrons. The third kappa shape index (κ3) is 2.74. The van der Waals surface area contributed by atoms with Crippen molar-refractivity contribution in [2.24, 2.45) is 0 Å². The maximum absolute atomic E-state index is 5.56. The number of nitrogens with zero attached hydrogens (tertiary/aromatic N) is 1. The average molecular weight is 166 g/mol. The number of nitrogens with two attached hydrogens (primary N) is 1. The third-order valence-electron chi connectivity index (χ3n) is 1.48. The van der Waals surface area contributed by atoms with E-state index in [1.807, 2.05) is 12.1 Å². The van der Waals surface area contributed by atoms with Gasteiger partial charge in [0.05, 0.1) is 0 Å². The Labute approximate surface area is 69.9 Å². The van der Waals surface area contributed by atoms with Crippen LogP contribution in [0.2, 0.25) is 0 Å². The van der Waals surface area contributed by atoms with Crippen LogP contribution in [0.3, 0.4) is 0 Å². The fourth-order valence-corrected chi connectivity index (χ4v) is 2.17. The van der Waals surface area contributed by atoms with E-state index in [4.69, 9.17) is 5.73 Å². The van der Waals surface area contributed by atoms with Gasteiger partial charge >= 0.3 is 0 Å². The van der Waals surface area contributed by atoms with Crippen molar-refractivity contribution < 1.29 is 0 Å². The van der Waals surface area contributed by atoms with Gasteiger partial charge in [0.1, 0.15) is 9.68 Å². The van der Waals surface area contributed by atoms with Gasteiger partial charge < -0.3 is 10.3 Å². The molecule has 0 radical (unpaired) electrons. The van der Waals surface area contributed by atoms with Gasteiger partial charge in [0.25, 0.3) is 0 Å². The highest BCUT2D eigenvalue weighted by atomic mass is 28.2. The van der Waals surface area contributed by atoms with E-state index < -0.39 is 0 Å². The van der Waals surface area contributed by atoms with E-state index in [0.29, 0.717) is 0 Å². The quantitative estimate of drug-likeness (QED) is 0.476. The first-order chi connectivity index (χ1) is 5.18. The molecule has 2 N–H and O–H groups in total. The molecule has 0 unspecified atom stereocenters. The zero-order valence-electron chi connectivity index (χ0n) is 7.04. The molecular formula is C8H14N2Si. The van der Waals surface area contributed by atoms with Gasteiger partial charge in [0.2, 0.25) is 0 Å². The standard InChI is InChI=1S/C8H14N2Si/c1-10(2)11-8-5-3-7(9)4-6-8/h3-6H,9,11H2,1-2H3. The second-order valence-corrected chi connectivity index (χ2v) is 5.38. The van der Waals surface area contributed by atoms with Crippen molar-refractivity contribution in [1.82, 2.24) is 4.57 Å². The van der Waals surface area contributed by atoms with Crippen molar-refractivity contribution in [1.29, 1.82) is 0 Å². The van der Waals surface area contributed by atoms with Crippen LogP contribution < -0.4 is 10.9 Å². The van der Waals surface area contributed by atoms with E-state index >= 15 is 0 Å². The van der Waals surface area contributed by atoms with Crippen LogP contribution >= 0.6 is 0 Å². The van der Waals surface area contributed by atoms with Crippen LogP contribution in [0.1, 0.15) is 0 Å². The zero-order valence-corrected chi connectivity index (χ0v) is 8.46. The largest absolute Gasteiger partial charge is 0.399 e. The van der Waals surface area contributed by atoms with E-state index in [1.54, 1.807) is 0 Å². The van der Waals surface area contributed by atoms with E-state index in [0.717, 1.165) is 5.69 Å². The summed E-state index contributed by atoms with van der Waals surface area (Å²) < 4.78 is 2.27. The van der Waals surface area contributed by atoms with Crippen LogP contribution in [-0.4, -0.2) is 28.3 Å². The lowest BCUT2D eigenvalue weighted by molar-refractivity contribution is 0.669. The molecule has 0 amide bonds. The number of nitrogen functional groups attached to an aromatic ring is 1. The van der Waals surface area contributed by atoms with Gasteiger partial charge in [-0.3, -0.25) is 0 Å². The SMILES string of the molecule is CN(C)[SiH2]c1ccc(N)cc1. The van der Waals surface area contributed by atoms with Gasteiger partial charge in [-0.25, -0.2) is 0 Å². The molecule has 1 aromatic carbocycles. The molecule has 2 nitrogen and oxygen atoms in total. The lowest BCUT2D eigenvalue weighted by Crippen LogP contribution is -2.28. The maximum Gasteiger partial charge on any atom is 0.126 e. The Morgan fingerprint density at radius 1 is 1.18 bits per heavy atom. The summed E-state index contributed by atoms with van der Waals surface area (Å²) in [6.45, 7) is 0. The number of rotatable bonds is 2. The van der Waals surface area contributed by atoms with Crippen LogP contribution in [0, 0.1) is 0 Å². The van der Waals surface area contributed by atoms with Crippen molar-refractivity contribution in [3.63, 3.8) is 0 Å². The molecule has 0 spiro atoms. The average Bonchev–Trinajstić information content (AvgIpc) is 1.93. The molecule has 1 aromatic rings. The molecule has 0 saturated heterocycles. The monoisotopic (exact) mass is 166 g/mol. The predicted octanol–water partition coefficient (Wildman–Crippen LogP) is -0.461. The van der Waals surface area contributed by atoms with Crippen LogP contribution in [0.15, 0.2) is 24.3 Å². The molecule has 0 atom stereocenters. The lowest BCUT2D eigenvalue weighted by Gasteiger charge is -2.08. The Hall–Kier alpha value is -0.803. The van der Waals surface area contributed by atoms with Crippen LogP contribution in [-0.2, 0) is 0 Å². The second-order valence-electron chi connectivity index (χ2n) is 2.98. The Kier molecular flexibility index (Phi) is 2.68. The van der Waals surface area contributed by atoms with E-state index in [9.17, 15) is 0 Å². The summed E-state index contributed by atoms with van der Waals surface area (Å²) in [6, 6.07) is 8.15. The summed E-state index contributed by atoms with van der Waals surface area (Å²) in [6.07, 6.45) is 0. The first-order valence-electron chi connectivity index (χ1n) is 3.67. The molecule has 0 aliphatic heterocycles. The maximum atomic E-state index is 5.56. The number of anilines is 1. The fraction of sp³-hybridized carbons (Fsp3) is 0.250. The molecule has 0 fully saturated rings. The van der Waals surface area contributed by atoms with E-state index in [2.05, 4.69) is 30.8 Å². The van der Waals surface area contributed by atoms with Crippen molar-refractivity contribution >= 4 is 20.6 Å². The molecule has 0 bridgehead atoms. The van der Waals surface area contributed by atoms with Crippen molar-refractivity contribution in [2.45, 2.75) is 0 Å². The highest BCUT2D eigenvalue weighted by Gasteiger charge is 1.94. The summed E-state index contributed by atoms with van der Waals surface area (Å²) in [5.74, 6) is 0. The van der Waals surface area contributed by atoms with Crippen molar-refractivity contribution in [3.05, 3.63) is 24.3 Å². The number of benzene rings is 1.